The van der Waals surface area contributed by atoms with Gasteiger partial charge in [-0.2, -0.15) is 4.98 Å². The summed E-state index contributed by atoms with van der Waals surface area (Å²) < 4.78 is 11.0. The van der Waals surface area contributed by atoms with Crippen LogP contribution in [0.3, 0.4) is 0 Å². The largest absolute Gasteiger partial charge is 0.458 e. The van der Waals surface area contributed by atoms with Gasteiger partial charge in [0, 0.05) is 0 Å². The van der Waals surface area contributed by atoms with Crippen LogP contribution >= 0.6 is 15.9 Å². The van der Waals surface area contributed by atoms with Gasteiger partial charge in [0.05, 0.1) is 17.3 Å². The standard InChI is InChI=1S/C8H8BrN3O2/c1-10-4-6-11-8(14-12-6)7-5(9)2-3-13-7/h2-3,10H,4H2,1H3. The number of rotatable bonds is 3. The lowest BCUT2D eigenvalue weighted by Gasteiger charge is -1.87. The van der Waals surface area contributed by atoms with E-state index in [1.807, 2.05) is 7.05 Å². The molecule has 0 aliphatic heterocycles. The number of nitrogens with one attached hydrogen (secondary N) is 1. The Kier molecular flexibility index (Phi) is 2.64. The minimum Gasteiger partial charge on any atom is -0.458 e. The van der Waals surface area contributed by atoms with Gasteiger partial charge in [0.25, 0.3) is 5.89 Å². The Balaban J connectivity index is 2.29. The lowest BCUT2D eigenvalue weighted by atomic mass is 10.4. The normalized spacial score (nSPS) is 10.7. The molecule has 1 N–H and O–H groups in total. The Labute approximate surface area is 88.6 Å². The van der Waals surface area contributed by atoms with Gasteiger partial charge in [-0.05, 0) is 29.0 Å². The van der Waals surface area contributed by atoms with Gasteiger partial charge < -0.3 is 14.3 Å². The predicted octanol–water partition coefficient (Wildman–Crippen LogP) is 1.81. The first-order valence-corrected chi connectivity index (χ1v) is 4.81. The second-order valence-electron chi connectivity index (χ2n) is 2.64. The summed E-state index contributed by atoms with van der Waals surface area (Å²) in [5.74, 6) is 1.54. The van der Waals surface area contributed by atoms with Crippen molar-refractivity contribution in [2.24, 2.45) is 0 Å². The van der Waals surface area contributed by atoms with Crippen LogP contribution in [0.4, 0.5) is 0 Å². The van der Waals surface area contributed by atoms with Crippen LogP contribution in [0.25, 0.3) is 11.7 Å². The van der Waals surface area contributed by atoms with E-state index in [0.717, 1.165) is 4.47 Å². The Morgan fingerprint density at radius 1 is 1.57 bits per heavy atom. The van der Waals surface area contributed by atoms with Gasteiger partial charge in [-0.1, -0.05) is 5.16 Å². The van der Waals surface area contributed by atoms with Gasteiger partial charge in [0.2, 0.25) is 5.76 Å². The highest BCUT2D eigenvalue weighted by molar-refractivity contribution is 9.10. The van der Waals surface area contributed by atoms with Gasteiger partial charge in [-0.15, -0.1) is 0 Å². The van der Waals surface area contributed by atoms with E-state index in [2.05, 4.69) is 31.4 Å². The molecule has 74 valence electrons. The van der Waals surface area contributed by atoms with E-state index >= 15 is 0 Å². The summed E-state index contributed by atoms with van der Waals surface area (Å²) in [5, 5.41) is 6.70. The summed E-state index contributed by atoms with van der Waals surface area (Å²) >= 11 is 3.31. The van der Waals surface area contributed by atoms with Gasteiger partial charge in [-0.25, -0.2) is 0 Å². The summed E-state index contributed by atoms with van der Waals surface area (Å²) in [5.41, 5.74) is 0. The summed E-state index contributed by atoms with van der Waals surface area (Å²) in [6.07, 6.45) is 1.56. The van der Waals surface area contributed by atoms with E-state index in [1.54, 1.807) is 12.3 Å². The molecule has 0 saturated carbocycles. The number of aromatic nitrogens is 2. The molecule has 0 aliphatic rings. The second kappa shape index (κ2) is 3.93. The van der Waals surface area contributed by atoms with E-state index in [4.69, 9.17) is 8.94 Å². The molecule has 14 heavy (non-hydrogen) atoms. The maximum absolute atomic E-state index is 5.18. The lowest BCUT2D eigenvalue weighted by molar-refractivity contribution is 0.407. The minimum absolute atomic E-state index is 0.382. The first-order chi connectivity index (χ1) is 6.81. The highest BCUT2D eigenvalue weighted by Gasteiger charge is 2.14. The molecule has 2 heterocycles. The van der Waals surface area contributed by atoms with Crippen LogP contribution in [-0.4, -0.2) is 17.2 Å². The van der Waals surface area contributed by atoms with Crippen molar-refractivity contribution in [2.45, 2.75) is 6.54 Å². The van der Waals surface area contributed by atoms with Crippen LogP contribution in [0.2, 0.25) is 0 Å². The van der Waals surface area contributed by atoms with Gasteiger partial charge >= 0.3 is 0 Å². The van der Waals surface area contributed by atoms with Crippen molar-refractivity contribution < 1.29 is 8.94 Å². The average Bonchev–Trinajstić information content (AvgIpc) is 2.74. The molecular formula is C8H8BrN3O2. The SMILES string of the molecule is CNCc1noc(-c2occc2Br)n1. The molecule has 0 atom stereocenters. The molecule has 0 amide bonds. The van der Waals surface area contributed by atoms with Gasteiger partial charge in [0.1, 0.15) is 0 Å². The summed E-state index contributed by atoms with van der Waals surface area (Å²) in [7, 11) is 1.82. The Hall–Kier alpha value is -1.14. The van der Waals surface area contributed by atoms with Crippen molar-refractivity contribution in [2.75, 3.05) is 7.05 Å². The number of nitrogens with zero attached hydrogens (tertiary/aromatic N) is 2. The number of hydrogen-bond donors (Lipinski definition) is 1. The van der Waals surface area contributed by atoms with Crippen molar-refractivity contribution in [3.63, 3.8) is 0 Å². The molecule has 5 nitrogen and oxygen atoms in total. The molecule has 0 fully saturated rings. The van der Waals surface area contributed by atoms with Crippen molar-refractivity contribution in [3.8, 4) is 11.7 Å². The third-order valence-electron chi connectivity index (χ3n) is 1.61. The van der Waals surface area contributed by atoms with Crippen molar-refractivity contribution in [1.82, 2.24) is 15.5 Å². The zero-order valence-electron chi connectivity index (χ0n) is 7.45. The van der Waals surface area contributed by atoms with Crippen molar-refractivity contribution in [3.05, 3.63) is 22.6 Å². The Bertz CT molecular complexity index is 424. The van der Waals surface area contributed by atoms with E-state index in [0.29, 0.717) is 24.0 Å². The number of furan rings is 1. The zero-order valence-corrected chi connectivity index (χ0v) is 9.04. The lowest BCUT2D eigenvalue weighted by Crippen LogP contribution is -2.06. The third-order valence-corrected chi connectivity index (χ3v) is 2.24. The first kappa shape index (κ1) is 9.42. The van der Waals surface area contributed by atoms with Gasteiger partial charge in [-0.3, -0.25) is 0 Å². The number of halogens is 1. The summed E-state index contributed by atoms with van der Waals surface area (Å²) in [6.45, 7) is 0.571. The monoisotopic (exact) mass is 257 g/mol. The second-order valence-corrected chi connectivity index (χ2v) is 3.50. The molecule has 0 aromatic carbocycles. The van der Waals surface area contributed by atoms with E-state index in [-0.39, 0.29) is 0 Å². The maximum Gasteiger partial charge on any atom is 0.294 e. The van der Waals surface area contributed by atoms with Crippen LogP contribution in [0.1, 0.15) is 5.82 Å². The molecule has 0 aliphatic carbocycles. The average molecular weight is 258 g/mol. The highest BCUT2D eigenvalue weighted by atomic mass is 79.9. The third kappa shape index (κ3) is 1.71. The smallest absolute Gasteiger partial charge is 0.294 e. The maximum atomic E-state index is 5.18. The van der Waals surface area contributed by atoms with Crippen LogP contribution in [0.15, 0.2) is 25.7 Å². The fourth-order valence-corrected chi connectivity index (χ4v) is 1.39. The molecule has 0 unspecified atom stereocenters. The highest BCUT2D eigenvalue weighted by Crippen LogP contribution is 2.27. The fourth-order valence-electron chi connectivity index (χ4n) is 1.02. The zero-order chi connectivity index (χ0) is 9.97. The van der Waals surface area contributed by atoms with E-state index < -0.39 is 0 Å². The first-order valence-electron chi connectivity index (χ1n) is 4.02. The summed E-state index contributed by atoms with van der Waals surface area (Å²) in [6, 6.07) is 1.78. The van der Waals surface area contributed by atoms with Crippen molar-refractivity contribution >= 4 is 15.9 Å². The molecule has 2 aromatic rings. The van der Waals surface area contributed by atoms with Crippen LogP contribution < -0.4 is 5.32 Å². The molecule has 0 spiro atoms. The minimum atomic E-state index is 0.382. The van der Waals surface area contributed by atoms with Gasteiger partial charge in [0.15, 0.2) is 5.82 Å². The van der Waals surface area contributed by atoms with Crippen LogP contribution in [-0.2, 0) is 6.54 Å². The van der Waals surface area contributed by atoms with Crippen LogP contribution in [0.5, 0.6) is 0 Å². The summed E-state index contributed by atoms with van der Waals surface area (Å²) in [4.78, 5) is 4.14. The molecule has 2 aromatic heterocycles. The predicted molar refractivity (Wildman–Crippen MR) is 52.5 cm³/mol. The molecular weight excluding hydrogens is 250 g/mol. The fraction of sp³-hybridized carbons (Fsp3) is 0.250. The molecule has 2 rings (SSSR count). The van der Waals surface area contributed by atoms with Crippen LogP contribution in [0, 0.1) is 0 Å². The number of hydrogen-bond acceptors (Lipinski definition) is 5. The van der Waals surface area contributed by atoms with E-state index in [9.17, 15) is 0 Å². The topological polar surface area (TPSA) is 64.1 Å². The molecule has 6 heteroatoms. The molecule has 0 radical (unpaired) electrons. The quantitative estimate of drug-likeness (QED) is 0.909. The van der Waals surface area contributed by atoms with Crippen molar-refractivity contribution in [1.29, 1.82) is 0 Å². The molecule has 0 bridgehead atoms. The Morgan fingerprint density at radius 3 is 3.07 bits per heavy atom. The van der Waals surface area contributed by atoms with E-state index in [1.165, 1.54) is 0 Å². The Morgan fingerprint density at radius 2 is 2.43 bits per heavy atom. The molecule has 0 saturated heterocycles.